The van der Waals surface area contributed by atoms with Crippen LogP contribution < -0.4 is 0 Å². The van der Waals surface area contributed by atoms with Crippen molar-refractivity contribution in [2.24, 2.45) is 7.05 Å². The minimum atomic E-state index is -0.236. The van der Waals surface area contributed by atoms with E-state index in [0.29, 0.717) is 0 Å². The first-order chi connectivity index (χ1) is 9.15. The maximum atomic E-state index is 10.0. The molecule has 102 valence electrons. The number of rotatable bonds is 6. The van der Waals surface area contributed by atoms with Crippen LogP contribution in [0.5, 0.6) is 0 Å². The minimum absolute atomic E-state index is 0.236. The quantitative estimate of drug-likeness (QED) is 0.865. The van der Waals surface area contributed by atoms with E-state index in [0.717, 1.165) is 25.7 Å². The van der Waals surface area contributed by atoms with Crippen molar-refractivity contribution >= 4 is 0 Å². The number of hydrogen-bond acceptors (Lipinski definition) is 2. The fraction of sp³-hybridized carbons (Fsp3) is 0.438. The predicted octanol–water partition coefficient (Wildman–Crippen LogP) is 2.65. The molecule has 2 aromatic rings. The van der Waals surface area contributed by atoms with Gasteiger partial charge in [0.1, 0.15) is 0 Å². The molecule has 2 rings (SSSR count). The van der Waals surface area contributed by atoms with Crippen molar-refractivity contribution in [2.45, 2.75) is 38.7 Å². The summed E-state index contributed by atoms with van der Waals surface area (Å²) in [4.78, 5) is 0. The molecule has 1 atom stereocenters. The second kappa shape index (κ2) is 6.53. The van der Waals surface area contributed by atoms with Crippen LogP contribution in [0.4, 0.5) is 0 Å². The highest BCUT2D eigenvalue weighted by atomic mass is 16.3. The third kappa shape index (κ3) is 4.21. The molecule has 0 saturated heterocycles. The van der Waals surface area contributed by atoms with Crippen LogP contribution in [0.25, 0.3) is 0 Å². The van der Waals surface area contributed by atoms with Gasteiger partial charge in [-0.05, 0) is 49.3 Å². The van der Waals surface area contributed by atoms with Crippen LogP contribution in [0.3, 0.4) is 0 Å². The van der Waals surface area contributed by atoms with Crippen LogP contribution in [0.15, 0.2) is 36.7 Å². The highest BCUT2D eigenvalue weighted by Crippen LogP contribution is 2.13. The zero-order valence-electron chi connectivity index (χ0n) is 11.7. The first-order valence-corrected chi connectivity index (χ1v) is 6.85. The van der Waals surface area contributed by atoms with Gasteiger partial charge in [-0.25, -0.2) is 0 Å². The molecule has 0 fully saturated rings. The average molecular weight is 258 g/mol. The molecular weight excluding hydrogens is 236 g/mol. The Kier molecular flexibility index (Phi) is 4.74. The summed E-state index contributed by atoms with van der Waals surface area (Å²) >= 11 is 0. The van der Waals surface area contributed by atoms with Crippen molar-refractivity contribution in [2.75, 3.05) is 0 Å². The first-order valence-electron chi connectivity index (χ1n) is 6.85. The fourth-order valence-electron chi connectivity index (χ4n) is 2.29. The Hall–Kier alpha value is -1.61. The summed E-state index contributed by atoms with van der Waals surface area (Å²) in [5, 5.41) is 14.2. The Labute approximate surface area is 114 Å². The largest absolute Gasteiger partial charge is 0.393 e. The average Bonchev–Trinajstić information content (AvgIpc) is 2.81. The summed E-state index contributed by atoms with van der Waals surface area (Å²) in [5.74, 6) is 0. The summed E-state index contributed by atoms with van der Waals surface area (Å²) in [7, 11) is 1.91. The molecule has 1 aromatic carbocycles. The van der Waals surface area contributed by atoms with E-state index < -0.39 is 0 Å². The first kappa shape index (κ1) is 13.8. The van der Waals surface area contributed by atoms with Crippen molar-refractivity contribution in [3.05, 3.63) is 53.3 Å². The zero-order valence-corrected chi connectivity index (χ0v) is 11.7. The predicted molar refractivity (Wildman–Crippen MR) is 77.0 cm³/mol. The molecule has 3 heteroatoms. The number of nitrogens with zero attached hydrogens (tertiary/aromatic N) is 2. The summed E-state index contributed by atoms with van der Waals surface area (Å²) in [6.07, 6.45) is 7.11. The van der Waals surface area contributed by atoms with E-state index in [1.54, 1.807) is 4.68 Å². The van der Waals surface area contributed by atoms with Gasteiger partial charge in [0.25, 0.3) is 0 Å². The number of aliphatic hydroxyl groups excluding tert-OH is 1. The smallest absolute Gasteiger partial charge is 0.0546 e. The third-order valence-electron chi connectivity index (χ3n) is 3.53. The van der Waals surface area contributed by atoms with Crippen molar-refractivity contribution in [3.8, 4) is 0 Å². The normalized spacial score (nSPS) is 12.6. The summed E-state index contributed by atoms with van der Waals surface area (Å²) in [6, 6.07) is 8.38. The number of aromatic nitrogens is 2. The Bertz CT molecular complexity index is 519. The minimum Gasteiger partial charge on any atom is -0.393 e. The van der Waals surface area contributed by atoms with E-state index in [4.69, 9.17) is 0 Å². The number of aliphatic hydroxyl groups is 1. The van der Waals surface area contributed by atoms with Gasteiger partial charge in [0, 0.05) is 13.2 Å². The number of benzene rings is 1. The maximum Gasteiger partial charge on any atom is 0.0546 e. The zero-order chi connectivity index (χ0) is 13.7. The van der Waals surface area contributed by atoms with Gasteiger partial charge in [0.15, 0.2) is 0 Å². The van der Waals surface area contributed by atoms with Crippen molar-refractivity contribution < 1.29 is 5.11 Å². The molecule has 1 aromatic heterocycles. The SMILES string of the molecule is Cc1ccccc1CCC(O)CCc1cnn(C)c1. The van der Waals surface area contributed by atoms with E-state index in [-0.39, 0.29) is 6.10 Å². The van der Waals surface area contributed by atoms with Crippen molar-refractivity contribution in [1.82, 2.24) is 9.78 Å². The summed E-state index contributed by atoms with van der Waals surface area (Å²) in [6.45, 7) is 2.12. The lowest BCUT2D eigenvalue weighted by Gasteiger charge is -2.11. The second-order valence-corrected chi connectivity index (χ2v) is 5.18. The van der Waals surface area contributed by atoms with Gasteiger partial charge in [-0.1, -0.05) is 24.3 Å². The van der Waals surface area contributed by atoms with Crippen LogP contribution in [0.2, 0.25) is 0 Å². The van der Waals surface area contributed by atoms with Crippen molar-refractivity contribution in [3.63, 3.8) is 0 Å². The topological polar surface area (TPSA) is 38.1 Å². The maximum absolute atomic E-state index is 10.0. The summed E-state index contributed by atoms with van der Waals surface area (Å²) in [5.41, 5.74) is 3.84. The number of hydrogen-bond donors (Lipinski definition) is 1. The lowest BCUT2D eigenvalue weighted by atomic mass is 9.99. The van der Waals surface area contributed by atoms with E-state index in [1.807, 2.05) is 19.4 Å². The van der Waals surface area contributed by atoms with E-state index in [1.165, 1.54) is 16.7 Å². The molecule has 3 nitrogen and oxygen atoms in total. The van der Waals surface area contributed by atoms with Crippen LogP contribution in [-0.2, 0) is 19.9 Å². The molecule has 0 aliphatic carbocycles. The molecular formula is C16H22N2O. The van der Waals surface area contributed by atoms with Crippen LogP contribution in [0, 0.1) is 6.92 Å². The molecule has 0 saturated carbocycles. The molecule has 0 bridgehead atoms. The molecule has 0 spiro atoms. The van der Waals surface area contributed by atoms with E-state index >= 15 is 0 Å². The molecule has 0 radical (unpaired) electrons. The Morgan fingerprint density at radius 1 is 1.21 bits per heavy atom. The van der Waals surface area contributed by atoms with Gasteiger partial charge in [0.05, 0.1) is 12.3 Å². The van der Waals surface area contributed by atoms with Gasteiger partial charge in [-0.2, -0.15) is 5.10 Å². The monoisotopic (exact) mass is 258 g/mol. The van der Waals surface area contributed by atoms with Gasteiger partial charge in [-0.15, -0.1) is 0 Å². The highest BCUT2D eigenvalue weighted by molar-refractivity contribution is 5.25. The Morgan fingerprint density at radius 2 is 1.95 bits per heavy atom. The Balaban J connectivity index is 1.76. The molecule has 0 aliphatic rings. The van der Waals surface area contributed by atoms with Gasteiger partial charge >= 0.3 is 0 Å². The molecule has 0 amide bonds. The Morgan fingerprint density at radius 3 is 2.63 bits per heavy atom. The molecule has 1 N–H and O–H groups in total. The molecule has 1 heterocycles. The summed E-state index contributed by atoms with van der Waals surface area (Å²) < 4.78 is 1.80. The number of aryl methyl sites for hydroxylation is 4. The standard InChI is InChI=1S/C16H22N2O/c1-13-5-3-4-6-15(13)8-10-16(19)9-7-14-11-17-18(2)12-14/h3-6,11-12,16,19H,7-10H2,1-2H3. The second-order valence-electron chi connectivity index (χ2n) is 5.18. The fourth-order valence-corrected chi connectivity index (χ4v) is 2.29. The van der Waals surface area contributed by atoms with Crippen LogP contribution in [-0.4, -0.2) is 21.0 Å². The van der Waals surface area contributed by atoms with Crippen molar-refractivity contribution in [1.29, 1.82) is 0 Å². The highest BCUT2D eigenvalue weighted by Gasteiger charge is 2.07. The van der Waals surface area contributed by atoms with Gasteiger partial charge < -0.3 is 5.11 Å². The lowest BCUT2D eigenvalue weighted by Crippen LogP contribution is -2.09. The molecule has 0 aliphatic heterocycles. The lowest BCUT2D eigenvalue weighted by molar-refractivity contribution is 0.155. The molecule has 1 unspecified atom stereocenters. The van der Waals surface area contributed by atoms with E-state index in [2.05, 4.69) is 36.3 Å². The van der Waals surface area contributed by atoms with Crippen LogP contribution in [0.1, 0.15) is 29.5 Å². The third-order valence-corrected chi connectivity index (χ3v) is 3.53. The molecule has 19 heavy (non-hydrogen) atoms. The van der Waals surface area contributed by atoms with Gasteiger partial charge in [0.2, 0.25) is 0 Å². The van der Waals surface area contributed by atoms with Gasteiger partial charge in [-0.3, -0.25) is 4.68 Å². The van der Waals surface area contributed by atoms with Crippen LogP contribution >= 0.6 is 0 Å². The van der Waals surface area contributed by atoms with E-state index in [9.17, 15) is 5.11 Å².